The summed E-state index contributed by atoms with van der Waals surface area (Å²) in [6.45, 7) is 1.85. The predicted octanol–water partition coefficient (Wildman–Crippen LogP) is 1.30. The molecule has 0 radical (unpaired) electrons. The minimum absolute atomic E-state index is 0.0471. The standard InChI is InChI=1S/C22H17N5O5/c1-11-10-26-7-6-12(8-17(26)23-11)19(29)24-13-2-3-14-15(9-13)22(32)27(21(14)31)16-4-5-18(28)25-20(16)30/h2-3,6-10,16H,4-5H2,1H3,(H,24,29)(H,25,28,30). The molecule has 2 aliphatic heterocycles. The number of nitrogens with zero attached hydrogens (tertiary/aromatic N) is 3. The lowest BCUT2D eigenvalue weighted by Crippen LogP contribution is -2.54. The number of aromatic nitrogens is 2. The van der Waals surface area contributed by atoms with Gasteiger partial charge in [0, 0.05) is 30.1 Å². The molecule has 5 amide bonds. The van der Waals surface area contributed by atoms with E-state index in [0.29, 0.717) is 16.9 Å². The zero-order chi connectivity index (χ0) is 22.6. The van der Waals surface area contributed by atoms with E-state index in [9.17, 15) is 24.0 Å². The van der Waals surface area contributed by atoms with Gasteiger partial charge in [0.25, 0.3) is 17.7 Å². The van der Waals surface area contributed by atoms with Gasteiger partial charge in [-0.2, -0.15) is 0 Å². The van der Waals surface area contributed by atoms with Crippen molar-refractivity contribution >= 4 is 40.9 Å². The van der Waals surface area contributed by atoms with Crippen LogP contribution in [0.2, 0.25) is 0 Å². The third-order valence-corrected chi connectivity index (χ3v) is 5.54. The van der Waals surface area contributed by atoms with Gasteiger partial charge in [-0.3, -0.25) is 34.2 Å². The molecule has 2 N–H and O–H groups in total. The first-order valence-corrected chi connectivity index (χ1v) is 9.94. The van der Waals surface area contributed by atoms with Crippen molar-refractivity contribution in [2.75, 3.05) is 5.32 Å². The fourth-order valence-corrected chi connectivity index (χ4v) is 4.00. The van der Waals surface area contributed by atoms with Crippen LogP contribution >= 0.6 is 0 Å². The Morgan fingerprint density at radius 1 is 1.09 bits per heavy atom. The SMILES string of the molecule is Cc1cn2ccc(C(=O)Nc3ccc4c(c3)C(=O)N(C3CCC(=O)NC3=O)C4=O)cc2n1. The lowest BCUT2D eigenvalue weighted by Gasteiger charge is -2.27. The molecule has 0 bridgehead atoms. The number of hydrogen-bond acceptors (Lipinski definition) is 6. The van der Waals surface area contributed by atoms with Gasteiger partial charge < -0.3 is 9.72 Å². The Hall–Kier alpha value is -4.34. The van der Waals surface area contributed by atoms with E-state index in [1.54, 1.807) is 22.7 Å². The number of amides is 5. The molecule has 4 heterocycles. The van der Waals surface area contributed by atoms with E-state index < -0.39 is 35.6 Å². The maximum atomic E-state index is 12.9. The van der Waals surface area contributed by atoms with Crippen LogP contribution in [-0.2, 0) is 9.59 Å². The number of imidazole rings is 1. The lowest BCUT2D eigenvalue weighted by molar-refractivity contribution is -0.136. The molecule has 32 heavy (non-hydrogen) atoms. The van der Waals surface area contributed by atoms with Gasteiger partial charge in [0.1, 0.15) is 11.7 Å². The molecule has 3 aromatic rings. The Kier molecular flexibility index (Phi) is 4.36. The van der Waals surface area contributed by atoms with Gasteiger partial charge in [0.15, 0.2) is 0 Å². The van der Waals surface area contributed by atoms with E-state index >= 15 is 0 Å². The Bertz CT molecular complexity index is 1360. The Labute approximate surface area is 181 Å². The molecule has 0 aliphatic carbocycles. The summed E-state index contributed by atoms with van der Waals surface area (Å²) in [4.78, 5) is 67.1. The fourth-order valence-electron chi connectivity index (χ4n) is 4.00. The number of carbonyl (C=O) groups is 5. The van der Waals surface area contributed by atoms with Crippen molar-refractivity contribution in [3.8, 4) is 0 Å². The summed E-state index contributed by atoms with van der Waals surface area (Å²) >= 11 is 0. The van der Waals surface area contributed by atoms with Crippen molar-refractivity contribution < 1.29 is 24.0 Å². The van der Waals surface area contributed by atoms with Crippen molar-refractivity contribution in [3.05, 3.63) is 65.1 Å². The van der Waals surface area contributed by atoms with Crippen molar-refractivity contribution in [1.29, 1.82) is 0 Å². The topological polar surface area (TPSA) is 130 Å². The molecular weight excluding hydrogens is 414 g/mol. The number of carbonyl (C=O) groups excluding carboxylic acids is 5. The predicted molar refractivity (Wildman–Crippen MR) is 111 cm³/mol. The Morgan fingerprint density at radius 2 is 1.88 bits per heavy atom. The molecule has 10 nitrogen and oxygen atoms in total. The van der Waals surface area contributed by atoms with E-state index in [4.69, 9.17) is 0 Å². The van der Waals surface area contributed by atoms with Crippen molar-refractivity contribution in [2.24, 2.45) is 0 Å². The van der Waals surface area contributed by atoms with E-state index in [2.05, 4.69) is 15.6 Å². The second-order valence-corrected chi connectivity index (χ2v) is 7.72. The highest BCUT2D eigenvalue weighted by Gasteiger charge is 2.44. The first kappa shape index (κ1) is 19.6. The maximum absolute atomic E-state index is 12.9. The third-order valence-electron chi connectivity index (χ3n) is 5.54. The van der Waals surface area contributed by atoms with Crippen molar-refractivity contribution in [3.63, 3.8) is 0 Å². The van der Waals surface area contributed by atoms with Gasteiger partial charge in [0.2, 0.25) is 11.8 Å². The monoisotopic (exact) mass is 431 g/mol. The summed E-state index contributed by atoms with van der Waals surface area (Å²) in [5.74, 6) is -2.74. The van der Waals surface area contributed by atoms with E-state index in [1.165, 1.54) is 18.2 Å². The van der Waals surface area contributed by atoms with Gasteiger partial charge in [0.05, 0.1) is 16.8 Å². The maximum Gasteiger partial charge on any atom is 0.262 e. The number of nitrogens with one attached hydrogen (secondary N) is 2. The highest BCUT2D eigenvalue weighted by atomic mass is 16.2. The summed E-state index contributed by atoms with van der Waals surface area (Å²) < 4.78 is 1.80. The van der Waals surface area contributed by atoms with Crippen molar-refractivity contribution in [1.82, 2.24) is 19.6 Å². The third kappa shape index (κ3) is 3.13. The summed E-state index contributed by atoms with van der Waals surface area (Å²) in [5, 5.41) is 4.88. The highest BCUT2D eigenvalue weighted by molar-refractivity contribution is 6.24. The average Bonchev–Trinajstić information content (AvgIpc) is 3.24. The van der Waals surface area contributed by atoms with Gasteiger partial charge in [-0.1, -0.05) is 0 Å². The number of pyridine rings is 1. The first-order valence-electron chi connectivity index (χ1n) is 9.94. The Morgan fingerprint density at radius 3 is 2.66 bits per heavy atom. The molecule has 1 fully saturated rings. The van der Waals surface area contributed by atoms with E-state index in [-0.39, 0.29) is 24.0 Å². The van der Waals surface area contributed by atoms with E-state index in [0.717, 1.165) is 10.6 Å². The minimum Gasteiger partial charge on any atom is -0.322 e. The zero-order valence-corrected chi connectivity index (χ0v) is 16.9. The van der Waals surface area contributed by atoms with Crippen LogP contribution in [0.1, 0.15) is 49.6 Å². The second kappa shape index (κ2) is 7.12. The summed E-state index contributed by atoms with van der Waals surface area (Å²) in [6, 6.07) is 6.64. The van der Waals surface area contributed by atoms with Crippen LogP contribution in [0.4, 0.5) is 5.69 Å². The molecule has 0 saturated carbocycles. The molecule has 2 aliphatic rings. The average molecular weight is 431 g/mol. The minimum atomic E-state index is -1.04. The second-order valence-electron chi connectivity index (χ2n) is 7.72. The number of imide groups is 2. The number of piperidine rings is 1. The Balaban J connectivity index is 1.38. The van der Waals surface area contributed by atoms with Crippen molar-refractivity contribution in [2.45, 2.75) is 25.8 Å². The number of hydrogen-bond donors (Lipinski definition) is 2. The molecule has 1 saturated heterocycles. The molecule has 160 valence electrons. The van der Waals surface area contributed by atoms with Crippen LogP contribution in [0.3, 0.4) is 0 Å². The normalized spacial score (nSPS) is 18.2. The van der Waals surface area contributed by atoms with Crippen LogP contribution < -0.4 is 10.6 Å². The number of fused-ring (bicyclic) bond motifs is 2. The molecule has 0 spiro atoms. The summed E-state index contributed by atoms with van der Waals surface area (Å²) in [6.07, 6.45) is 3.70. The van der Waals surface area contributed by atoms with Gasteiger partial charge in [-0.25, -0.2) is 4.98 Å². The molecule has 10 heteroatoms. The number of anilines is 1. The molecule has 2 aromatic heterocycles. The van der Waals surface area contributed by atoms with Crippen LogP contribution in [0, 0.1) is 6.92 Å². The zero-order valence-electron chi connectivity index (χ0n) is 16.9. The molecular formula is C22H17N5O5. The molecule has 5 rings (SSSR count). The fraction of sp³-hybridized carbons (Fsp3) is 0.182. The summed E-state index contributed by atoms with van der Waals surface area (Å²) in [7, 11) is 0. The van der Waals surface area contributed by atoms with Crippen LogP contribution in [0.25, 0.3) is 5.65 Å². The molecule has 1 unspecified atom stereocenters. The number of benzene rings is 1. The molecule has 1 atom stereocenters. The van der Waals surface area contributed by atoms with Crippen LogP contribution in [-0.4, -0.2) is 49.9 Å². The number of rotatable bonds is 3. The van der Waals surface area contributed by atoms with Crippen LogP contribution in [0.15, 0.2) is 42.7 Å². The van der Waals surface area contributed by atoms with Gasteiger partial charge in [-0.05, 0) is 43.7 Å². The number of aryl methyl sites for hydroxylation is 1. The lowest BCUT2D eigenvalue weighted by atomic mass is 10.0. The van der Waals surface area contributed by atoms with E-state index in [1.807, 2.05) is 13.1 Å². The smallest absolute Gasteiger partial charge is 0.262 e. The largest absolute Gasteiger partial charge is 0.322 e. The van der Waals surface area contributed by atoms with Gasteiger partial charge in [-0.15, -0.1) is 0 Å². The quantitative estimate of drug-likeness (QED) is 0.601. The summed E-state index contributed by atoms with van der Waals surface area (Å²) in [5.41, 5.74) is 2.41. The van der Waals surface area contributed by atoms with Gasteiger partial charge >= 0.3 is 0 Å². The van der Waals surface area contributed by atoms with Crippen LogP contribution in [0.5, 0.6) is 0 Å². The molecule has 1 aromatic carbocycles. The first-order chi connectivity index (χ1) is 15.3. The highest BCUT2D eigenvalue weighted by Crippen LogP contribution is 2.29.